The van der Waals surface area contributed by atoms with Gasteiger partial charge in [-0.25, -0.2) is 19.2 Å². The Bertz CT molecular complexity index is 1820. The average molecular weight is 608 g/mol. The van der Waals surface area contributed by atoms with Crippen LogP contribution in [0.5, 0.6) is 5.88 Å². The van der Waals surface area contributed by atoms with E-state index >= 15 is 0 Å². The Kier molecular flexibility index (Phi) is 8.81. The summed E-state index contributed by atoms with van der Waals surface area (Å²) in [6.07, 6.45) is 5.40. The van der Waals surface area contributed by atoms with Gasteiger partial charge >= 0.3 is 0 Å². The van der Waals surface area contributed by atoms with E-state index in [2.05, 4.69) is 4.98 Å². The molecule has 0 saturated carbocycles. The fraction of sp³-hybridized carbons (Fsp3) is 0.400. The molecule has 1 aliphatic heterocycles. The first-order valence-corrected chi connectivity index (χ1v) is 16.3. The fourth-order valence-electron chi connectivity index (χ4n) is 5.94. The number of nitrogens with two attached hydrogens (primary N) is 2. The lowest BCUT2D eigenvalue weighted by Gasteiger charge is -2.33. The molecule has 1 atom stereocenters. The summed E-state index contributed by atoms with van der Waals surface area (Å²) in [5.74, 6) is 6.60. The van der Waals surface area contributed by atoms with Crippen molar-refractivity contribution in [2.24, 2.45) is 17.5 Å². The van der Waals surface area contributed by atoms with E-state index in [1.165, 1.54) is 17.5 Å². The molecule has 1 saturated heterocycles. The normalized spacial score (nSPS) is 16.3. The standard InChI is InChI=1S/C30H35B3N6O4S/c1-17(2)43-29-23-24-21(14-20(15-36-24)26(38(3)35)28(34)30(31,32)33)39(27(23)22(16-37-29)44(4,40)41)25(18-8-6-5-7-9-18)19-10-12-42-13-11-19/h5-9,14-17,19,25H,10-13,34-35H2,1-4H3/b28-26-/t25-/m1/s1. The highest BCUT2D eigenvalue weighted by atomic mass is 32.2. The van der Waals surface area contributed by atoms with E-state index in [1.807, 2.05) is 54.8 Å². The van der Waals surface area contributed by atoms with Crippen LogP contribution in [-0.2, 0) is 14.6 Å². The van der Waals surface area contributed by atoms with E-state index in [0.717, 1.165) is 18.4 Å². The molecular formula is C30H35B3N6O4S. The number of hydrogen-bond donors (Lipinski definition) is 2. The minimum Gasteiger partial charge on any atom is -0.474 e. The highest BCUT2D eigenvalue weighted by molar-refractivity contribution is 7.91. The van der Waals surface area contributed by atoms with Crippen molar-refractivity contribution in [1.29, 1.82) is 0 Å². The van der Waals surface area contributed by atoms with Crippen molar-refractivity contribution >= 4 is 61.0 Å². The van der Waals surface area contributed by atoms with Crippen LogP contribution in [0.4, 0.5) is 0 Å². The first-order chi connectivity index (χ1) is 20.7. The summed E-state index contributed by atoms with van der Waals surface area (Å²) in [5, 5.41) is -0.108. The van der Waals surface area contributed by atoms with E-state index in [-0.39, 0.29) is 40.2 Å². The predicted molar refractivity (Wildman–Crippen MR) is 175 cm³/mol. The van der Waals surface area contributed by atoms with Crippen molar-refractivity contribution in [3.05, 3.63) is 65.6 Å². The second kappa shape index (κ2) is 12.1. The lowest BCUT2D eigenvalue weighted by molar-refractivity contribution is 0.0552. The van der Waals surface area contributed by atoms with Crippen LogP contribution in [0, 0.1) is 5.92 Å². The van der Waals surface area contributed by atoms with Crippen LogP contribution >= 0.6 is 0 Å². The molecule has 1 aromatic carbocycles. The van der Waals surface area contributed by atoms with Gasteiger partial charge in [-0.1, -0.05) is 35.4 Å². The lowest BCUT2D eigenvalue weighted by atomic mass is 9.41. The number of hydrogen-bond acceptors (Lipinski definition) is 9. The summed E-state index contributed by atoms with van der Waals surface area (Å²) >= 11 is 0. The van der Waals surface area contributed by atoms with E-state index < -0.39 is 15.0 Å². The van der Waals surface area contributed by atoms with E-state index in [9.17, 15) is 8.42 Å². The number of ether oxygens (including phenoxy) is 2. The SMILES string of the molecule is [B]C([B])([B])/C(N)=C(\c1cnc2c3c(OC(C)C)ncc(S(C)(=O)=O)c3n([C@H](c3ccccc3)C3CCOCC3)c2c1)N(C)N. The van der Waals surface area contributed by atoms with Crippen LogP contribution < -0.4 is 16.3 Å². The monoisotopic (exact) mass is 608 g/mol. The molecule has 6 radical (unpaired) electrons. The van der Waals surface area contributed by atoms with E-state index in [1.54, 1.807) is 13.2 Å². The van der Waals surface area contributed by atoms with Crippen molar-refractivity contribution in [3.8, 4) is 5.88 Å². The number of nitrogens with zero attached hydrogens (tertiary/aromatic N) is 4. The first-order valence-electron chi connectivity index (χ1n) is 14.4. The zero-order valence-electron chi connectivity index (χ0n) is 25.4. The third-order valence-electron chi connectivity index (χ3n) is 7.81. The summed E-state index contributed by atoms with van der Waals surface area (Å²) in [6, 6.07) is 11.5. The van der Waals surface area contributed by atoms with Crippen molar-refractivity contribution < 1.29 is 17.9 Å². The van der Waals surface area contributed by atoms with E-state index in [4.69, 9.17) is 49.6 Å². The largest absolute Gasteiger partial charge is 0.474 e. The molecule has 14 heteroatoms. The molecule has 0 aliphatic carbocycles. The summed E-state index contributed by atoms with van der Waals surface area (Å²) in [6.45, 7) is 4.94. The highest BCUT2D eigenvalue weighted by Gasteiger charge is 2.34. The number of benzene rings is 1. The van der Waals surface area contributed by atoms with Gasteiger partial charge in [0, 0.05) is 44.0 Å². The summed E-state index contributed by atoms with van der Waals surface area (Å²) in [5.41, 5.74) is 9.60. The van der Waals surface area contributed by atoms with Gasteiger partial charge < -0.3 is 24.8 Å². The Morgan fingerprint density at radius 3 is 2.36 bits per heavy atom. The fourth-order valence-corrected chi connectivity index (χ4v) is 6.74. The number of sulfone groups is 1. The maximum Gasteiger partial charge on any atom is 0.225 e. The molecule has 1 fully saturated rings. The topological polar surface area (TPSA) is 139 Å². The van der Waals surface area contributed by atoms with Crippen LogP contribution in [0.25, 0.3) is 27.6 Å². The number of aromatic nitrogens is 3. The molecule has 4 aromatic rings. The van der Waals surface area contributed by atoms with Gasteiger partial charge in [0.05, 0.1) is 64.0 Å². The summed E-state index contributed by atoms with van der Waals surface area (Å²) < 4.78 is 40.7. The smallest absolute Gasteiger partial charge is 0.225 e. The average Bonchev–Trinajstić information content (AvgIpc) is 3.27. The van der Waals surface area contributed by atoms with Gasteiger partial charge in [0.2, 0.25) is 5.88 Å². The third kappa shape index (κ3) is 6.07. The molecule has 0 spiro atoms. The number of hydrazine groups is 1. The second-order valence-electron chi connectivity index (χ2n) is 11.7. The molecule has 224 valence electrons. The zero-order valence-corrected chi connectivity index (χ0v) is 26.2. The molecule has 5 rings (SSSR count). The predicted octanol–water partition coefficient (Wildman–Crippen LogP) is 2.80. The minimum absolute atomic E-state index is 0.0577. The maximum absolute atomic E-state index is 13.4. The second-order valence-corrected chi connectivity index (χ2v) is 13.6. The molecule has 4 heterocycles. The number of allylic oxidation sites excluding steroid dienone is 1. The third-order valence-corrected chi connectivity index (χ3v) is 8.91. The molecule has 4 N–H and O–H groups in total. The molecule has 1 aliphatic rings. The van der Waals surface area contributed by atoms with Crippen LogP contribution in [0.1, 0.15) is 43.9 Å². The van der Waals surface area contributed by atoms with Gasteiger partial charge in [-0.05, 0) is 44.2 Å². The van der Waals surface area contributed by atoms with Gasteiger partial charge in [-0.3, -0.25) is 4.98 Å². The van der Waals surface area contributed by atoms with Crippen LogP contribution in [0.15, 0.2) is 59.4 Å². The van der Waals surface area contributed by atoms with Gasteiger partial charge in [0.25, 0.3) is 0 Å². The molecule has 0 amide bonds. The Hall–Kier alpha value is -3.48. The van der Waals surface area contributed by atoms with Crippen molar-refractivity contribution in [3.63, 3.8) is 0 Å². The van der Waals surface area contributed by atoms with E-state index in [0.29, 0.717) is 40.7 Å². The molecule has 3 aromatic heterocycles. The molecule has 0 unspecified atom stereocenters. The number of pyridine rings is 2. The molecular weight excluding hydrogens is 573 g/mol. The van der Waals surface area contributed by atoms with Gasteiger partial charge in [0.15, 0.2) is 9.84 Å². The summed E-state index contributed by atoms with van der Waals surface area (Å²) in [7, 11) is 15.8. The van der Waals surface area contributed by atoms with Crippen molar-refractivity contribution in [1.82, 2.24) is 19.5 Å². The van der Waals surface area contributed by atoms with Gasteiger partial charge in [-0.15, -0.1) is 0 Å². The Morgan fingerprint density at radius 1 is 1.14 bits per heavy atom. The van der Waals surface area contributed by atoms with Gasteiger partial charge in [0.1, 0.15) is 10.4 Å². The Labute approximate surface area is 262 Å². The minimum atomic E-state index is -3.76. The van der Waals surface area contributed by atoms with Crippen LogP contribution in [-0.4, -0.2) is 84.1 Å². The molecule has 10 nitrogen and oxygen atoms in total. The van der Waals surface area contributed by atoms with Crippen LogP contribution in [0.2, 0.25) is 5.11 Å². The first kappa shape index (κ1) is 31.9. The number of fused-ring (bicyclic) bond motifs is 3. The van der Waals surface area contributed by atoms with Crippen LogP contribution in [0.3, 0.4) is 0 Å². The van der Waals surface area contributed by atoms with Crippen molar-refractivity contribution in [2.75, 3.05) is 26.5 Å². The zero-order chi connectivity index (χ0) is 32.0. The summed E-state index contributed by atoms with van der Waals surface area (Å²) in [4.78, 5) is 9.40. The highest BCUT2D eigenvalue weighted by Crippen LogP contribution is 2.45. The lowest BCUT2D eigenvalue weighted by Crippen LogP contribution is -2.32. The van der Waals surface area contributed by atoms with Crippen molar-refractivity contribution in [2.45, 2.75) is 48.8 Å². The molecule has 0 bridgehead atoms. The Balaban J connectivity index is 2.00. The quantitative estimate of drug-likeness (QED) is 0.167. The van der Waals surface area contributed by atoms with Gasteiger partial charge in [-0.2, -0.15) is 0 Å². The molecule has 44 heavy (non-hydrogen) atoms. The Morgan fingerprint density at radius 2 is 1.80 bits per heavy atom. The number of rotatable bonds is 9. The maximum atomic E-state index is 13.4.